The van der Waals surface area contributed by atoms with Crippen LogP contribution in [0.4, 0.5) is 0 Å². The van der Waals surface area contributed by atoms with E-state index in [0.717, 1.165) is 27.2 Å². The second-order valence-electron chi connectivity index (χ2n) is 7.86. The summed E-state index contributed by atoms with van der Waals surface area (Å²) in [5.41, 5.74) is 1.64. The van der Waals surface area contributed by atoms with E-state index in [2.05, 4.69) is 25.8 Å². The second kappa shape index (κ2) is 5.52. The lowest BCUT2D eigenvalue weighted by atomic mass is 9.68. The molecule has 2 aliphatic heterocycles. The lowest BCUT2D eigenvalue weighted by Gasteiger charge is -2.54. The number of hydrogen-bond donors (Lipinski definition) is 1. The average molecular weight is 383 g/mol. The van der Waals surface area contributed by atoms with Gasteiger partial charge in [-0.2, -0.15) is 4.89 Å². The molecule has 1 N–H and O–H groups in total. The summed E-state index contributed by atoms with van der Waals surface area (Å²) >= 11 is 1.56. The molecular formula is C21H21NO4S. The number of para-hydroxylation sites is 1. The highest BCUT2D eigenvalue weighted by atomic mass is 32.1. The Morgan fingerprint density at radius 2 is 1.96 bits per heavy atom. The van der Waals surface area contributed by atoms with Crippen LogP contribution in [0.5, 0.6) is 5.75 Å². The van der Waals surface area contributed by atoms with E-state index in [1.54, 1.807) is 17.4 Å². The quantitative estimate of drug-likeness (QED) is 0.646. The number of phenols is 1. The van der Waals surface area contributed by atoms with Crippen LogP contribution in [0.1, 0.15) is 32.8 Å². The van der Waals surface area contributed by atoms with Gasteiger partial charge in [-0.25, -0.2) is 9.87 Å². The van der Waals surface area contributed by atoms with Gasteiger partial charge in [0.25, 0.3) is 5.79 Å². The van der Waals surface area contributed by atoms with Crippen molar-refractivity contribution in [3.05, 3.63) is 48.0 Å². The van der Waals surface area contributed by atoms with E-state index in [1.165, 1.54) is 0 Å². The maximum absolute atomic E-state index is 10.8. The molecule has 0 amide bonds. The number of nitrogens with zero attached hydrogens (tertiary/aromatic N) is 1. The van der Waals surface area contributed by atoms with Crippen molar-refractivity contribution in [3.8, 4) is 16.3 Å². The number of aromatic hydroxyl groups is 1. The SMILES string of the molecule is CC[C@@]12OO[C@]1(c1ccc(-c3nc4ccccc4s3)c(O)c1)OCC2(C)C. The van der Waals surface area contributed by atoms with Crippen LogP contribution in [-0.2, 0) is 20.3 Å². The van der Waals surface area contributed by atoms with Crippen LogP contribution in [0, 0.1) is 5.41 Å². The molecule has 2 aromatic carbocycles. The van der Waals surface area contributed by atoms with Crippen molar-refractivity contribution in [3.63, 3.8) is 0 Å². The first-order valence-electron chi connectivity index (χ1n) is 9.13. The topological polar surface area (TPSA) is 60.8 Å². The normalized spacial score (nSPS) is 28.9. The molecule has 140 valence electrons. The third kappa shape index (κ3) is 2.07. The van der Waals surface area contributed by atoms with E-state index >= 15 is 0 Å². The summed E-state index contributed by atoms with van der Waals surface area (Å²) in [7, 11) is 0. The summed E-state index contributed by atoms with van der Waals surface area (Å²) in [6.07, 6.45) is 0.750. The molecule has 2 aliphatic rings. The third-order valence-corrected chi connectivity index (χ3v) is 7.03. The standard InChI is InChI=1S/C21H21NO4S/c1-4-20-19(2,3)12-24-21(20,26-25-20)13-9-10-14(16(23)11-13)18-22-15-7-5-6-8-17(15)27-18/h5-11,23H,4,12H2,1-3H3/t20-,21-/m0/s1. The van der Waals surface area contributed by atoms with E-state index in [4.69, 9.17) is 14.5 Å². The number of ether oxygens (including phenoxy) is 1. The van der Waals surface area contributed by atoms with Crippen LogP contribution in [0.3, 0.4) is 0 Å². The first kappa shape index (κ1) is 17.1. The maximum atomic E-state index is 10.8. The molecule has 1 aromatic heterocycles. The van der Waals surface area contributed by atoms with Gasteiger partial charge in [-0.3, -0.25) is 0 Å². The van der Waals surface area contributed by atoms with Crippen molar-refractivity contribution in [1.82, 2.24) is 4.98 Å². The minimum absolute atomic E-state index is 0.162. The summed E-state index contributed by atoms with van der Waals surface area (Å²) < 4.78 is 7.21. The zero-order valence-electron chi connectivity index (χ0n) is 15.5. The number of fused-ring (bicyclic) bond motifs is 2. The Morgan fingerprint density at radius 1 is 1.15 bits per heavy atom. The van der Waals surface area contributed by atoms with Gasteiger partial charge in [0, 0.05) is 11.0 Å². The van der Waals surface area contributed by atoms with Gasteiger partial charge in [0.2, 0.25) is 0 Å². The Labute approximate surface area is 161 Å². The molecule has 0 saturated carbocycles. The monoisotopic (exact) mass is 383 g/mol. The largest absolute Gasteiger partial charge is 0.507 e. The summed E-state index contributed by atoms with van der Waals surface area (Å²) in [5.74, 6) is -0.816. The predicted molar refractivity (Wildman–Crippen MR) is 103 cm³/mol. The smallest absolute Gasteiger partial charge is 0.261 e. The van der Waals surface area contributed by atoms with Crippen LogP contribution in [0.2, 0.25) is 0 Å². The lowest BCUT2D eigenvalue weighted by molar-refractivity contribution is -0.610. The Balaban J connectivity index is 1.58. The second-order valence-corrected chi connectivity index (χ2v) is 8.89. The highest BCUT2D eigenvalue weighted by Gasteiger charge is 2.76. The van der Waals surface area contributed by atoms with Crippen molar-refractivity contribution < 1.29 is 19.6 Å². The molecule has 0 aliphatic carbocycles. The average Bonchev–Trinajstić information content (AvgIpc) is 3.11. The van der Waals surface area contributed by atoms with Crippen molar-refractivity contribution in [2.24, 2.45) is 5.41 Å². The fraction of sp³-hybridized carbons (Fsp3) is 0.381. The Morgan fingerprint density at radius 3 is 2.63 bits per heavy atom. The lowest BCUT2D eigenvalue weighted by Crippen LogP contribution is -2.66. The fourth-order valence-corrected chi connectivity index (χ4v) is 5.35. The van der Waals surface area contributed by atoms with Crippen LogP contribution in [-0.4, -0.2) is 22.3 Å². The minimum Gasteiger partial charge on any atom is -0.507 e. The maximum Gasteiger partial charge on any atom is 0.261 e. The van der Waals surface area contributed by atoms with Crippen LogP contribution < -0.4 is 0 Å². The summed E-state index contributed by atoms with van der Waals surface area (Å²) in [6.45, 7) is 6.84. The highest BCUT2D eigenvalue weighted by molar-refractivity contribution is 7.21. The molecule has 2 atom stereocenters. The first-order valence-corrected chi connectivity index (χ1v) is 9.94. The molecule has 6 heteroatoms. The highest BCUT2D eigenvalue weighted by Crippen LogP contribution is 2.64. The molecule has 3 aromatic rings. The summed E-state index contributed by atoms with van der Waals surface area (Å²) in [5, 5.41) is 11.5. The summed E-state index contributed by atoms with van der Waals surface area (Å²) in [4.78, 5) is 15.8. The molecule has 0 radical (unpaired) electrons. The van der Waals surface area contributed by atoms with Crippen LogP contribution >= 0.6 is 11.3 Å². The molecule has 5 rings (SSSR count). The number of benzene rings is 2. The van der Waals surface area contributed by atoms with Gasteiger partial charge in [-0.1, -0.05) is 39.0 Å². The van der Waals surface area contributed by atoms with Gasteiger partial charge in [-0.05, 0) is 30.7 Å². The Kier molecular flexibility index (Phi) is 3.50. The van der Waals surface area contributed by atoms with Crippen molar-refractivity contribution in [1.29, 1.82) is 0 Å². The molecule has 0 bridgehead atoms. The predicted octanol–water partition coefficient (Wildman–Crippen LogP) is 4.99. The van der Waals surface area contributed by atoms with Gasteiger partial charge >= 0.3 is 0 Å². The van der Waals surface area contributed by atoms with E-state index < -0.39 is 11.4 Å². The first-order chi connectivity index (χ1) is 12.9. The van der Waals surface area contributed by atoms with Gasteiger partial charge < -0.3 is 9.84 Å². The fourth-order valence-electron chi connectivity index (χ4n) is 4.35. The molecule has 3 heterocycles. The van der Waals surface area contributed by atoms with Gasteiger partial charge in [0.1, 0.15) is 10.8 Å². The van der Waals surface area contributed by atoms with E-state index in [0.29, 0.717) is 12.2 Å². The zero-order valence-corrected chi connectivity index (χ0v) is 16.3. The van der Waals surface area contributed by atoms with Crippen LogP contribution in [0.15, 0.2) is 42.5 Å². The van der Waals surface area contributed by atoms with Crippen molar-refractivity contribution in [2.75, 3.05) is 6.61 Å². The van der Waals surface area contributed by atoms with Gasteiger partial charge in [-0.15, -0.1) is 11.3 Å². The third-order valence-electron chi connectivity index (χ3n) is 5.96. The summed E-state index contributed by atoms with van der Waals surface area (Å²) in [6, 6.07) is 13.5. The molecule has 2 fully saturated rings. The van der Waals surface area contributed by atoms with E-state index in [9.17, 15) is 5.11 Å². The van der Waals surface area contributed by atoms with Gasteiger partial charge in [0.05, 0.1) is 22.4 Å². The van der Waals surface area contributed by atoms with E-state index in [1.807, 2.05) is 36.4 Å². The number of thiazole rings is 1. The Hall–Kier alpha value is -1.99. The molecular weight excluding hydrogens is 362 g/mol. The van der Waals surface area contributed by atoms with Crippen molar-refractivity contribution >= 4 is 21.6 Å². The minimum atomic E-state index is -0.977. The molecule has 27 heavy (non-hydrogen) atoms. The number of rotatable bonds is 3. The van der Waals surface area contributed by atoms with E-state index in [-0.39, 0.29) is 11.2 Å². The number of aromatic nitrogens is 1. The zero-order chi connectivity index (χ0) is 18.9. The Bertz CT molecular complexity index is 1010. The van der Waals surface area contributed by atoms with Gasteiger partial charge in [0.15, 0.2) is 5.60 Å². The van der Waals surface area contributed by atoms with Crippen molar-refractivity contribution in [2.45, 2.75) is 38.6 Å². The molecule has 2 saturated heterocycles. The molecule has 0 unspecified atom stereocenters. The number of hydrogen-bond acceptors (Lipinski definition) is 6. The van der Waals surface area contributed by atoms with Crippen LogP contribution in [0.25, 0.3) is 20.8 Å². The molecule has 0 spiro atoms. The molecule has 5 nitrogen and oxygen atoms in total. The number of phenolic OH excluding ortho intramolecular Hbond substituents is 1.